The van der Waals surface area contributed by atoms with Gasteiger partial charge in [0.05, 0.1) is 0 Å². The average Bonchev–Trinajstić information content (AvgIpc) is 2.39. The van der Waals surface area contributed by atoms with E-state index >= 15 is 0 Å². The molecule has 3 nitrogen and oxygen atoms in total. The van der Waals surface area contributed by atoms with Gasteiger partial charge in [-0.15, -0.1) is 0 Å². The monoisotopic (exact) mass is 218 g/mol. The molecule has 0 aliphatic carbocycles. The Bertz CT molecular complexity index is 359. The highest BCUT2D eigenvalue weighted by Gasteiger charge is 2.19. The third-order valence-electron chi connectivity index (χ3n) is 3.27. The summed E-state index contributed by atoms with van der Waals surface area (Å²) in [6, 6.07) is 8.18. The van der Waals surface area contributed by atoms with E-state index in [0.29, 0.717) is 6.04 Å². The van der Waals surface area contributed by atoms with Crippen molar-refractivity contribution in [2.75, 3.05) is 26.2 Å². The second-order valence-corrected chi connectivity index (χ2v) is 4.21. The SMILES string of the molecule is CC(c1ccccc1C=O)N1CCNCC1. The summed E-state index contributed by atoms with van der Waals surface area (Å²) in [6.07, 6.45) is 0.952. The molecule has 1 atom stereocenters. The molecule has 86 valence electrons. The van der Waals surface area contributed by atoms with Crippen LogP contribution in [0.15, 0.2) is 24.3 Å². The number of benzene rings is 1. The summed E-state index contributed by atoms with van der Waals surface area (Å²) in [4.78, 5) is 13.4. The van der Waals surface area contributed by atoms with Crippen LogP contribution in [0.25, 0.3) is 0 Å². The molecule has 0 aromatic heterocycles. The molecule has 0 bridgehead atoms. The Hall–Kier alpha value is -1.19. The summed E-state index contributed by atoms with van der Waals surface area (Å²) in [6.45, 7) is 6.34. The van der Waals surface area contributed by atoms with E-state index < -0.39 is 0 Å². The zero-order valence-electron chi connectivity index (χ0n) is 9.65. The molecular weight excluding hydrogens is 200 g/mol. The van der Waals surface area contributed by atoms with Crippen LogP contribution in [0.4, 0.5) is 0 Å². The first kappa shape index (κ1) is 11.3. The third kappa shape index (κ3) is 2.31. The van der Waals surface area contributed by atoms with Gasteiger partial charge in [0.25, 0.3) is 0 Å². The van der Waals surface area contributed by atoms with Crippen LogP contribution in [-0.4, -0.2) is 37.4 Å². The normalized spacial score (nSPS) is 19.3. The van der Waals surface area contributed by atoms with Gasteiger partial charge in [0, 0.05) is 37.8 Å². The molecule has 3 heteroatoms. The largest absolute Gasteiger partial charge is 0.314 e. The van der Waals surface area contributed by atoms with Crippen LogP contribution in [0, 0.1) is 0 Å². The minimum absolute atomic E-state index is 0.323. The summed E-state index contributed by atoms with van der Waals surface area (Å²) in [5.41, 5.74) is 1.95. The first-order chi connectivity index (χ1) is 7.83. The highest BCUT2D eigenvalue weighted by molar-refractivity contribution is 5.77. The zero-order valence-corrected chi connectivity index (χ0v) is 9.65. The third-order valence-corrected chi connectivity index (χ3v) is 3.27. The van der Waals surface area contributed by atoms with Crippen LogP contribution in [-0.2, 0) is 0 Å². The lowest BCUT2D eigenvalue weighted by molar-refractivity contribution is 0.111. The maximum atomic E-state index is 11.0. The van der Waals surface area contributed by atoms with Crippen LogP contribution in [0.3, 0.4) is 0 Å². The van der Waals surface area contributed by atoms with Crippen molar-refractivity contribution in [3.8, 4) is 0 Å². The smallest absolute Gasteiger partial charge is 0.150 e. The van der Waals surface area contributed by atoms with Crippen molar-refractivity contribution in [1.29, 1.82) is 0 Å². The van der Waals surface area contributed by atoms with Crippen LogP contribution >= 0.6 is 0 Å². The summed E-state index contributed by atoms with van der Waals surface area (Å²) in [7, 11) is 0. The molecule has 1 aliphatic heterocycles. The summed E-state index contributed by atoms with van der Waals surface area (Å²) in [5.74, 6) is 0. The maximum Gasteiger partial charge on any atom is 0.150 e. The van der Waals surface area contributed by atoms with E-state index in [1.807, 2.05) is 18.2 Å². The zero-order chi connectivity index (χ0) is 11.4. The number of rotatable bonds is 3. The number of nitrogens with zero attached hydrogens (tertiary/aromatic N) is 1. The lowest BCUT2D eigenvalue weighted by Gasteiger charge is -2.33. The van der Waals surface area contributed by atoms with E-state index in [9.17, 15) is 4.79 Å². The molecule has 1 aliphatic rings. The van der Waals surface area contributed by atoms with E-state index in [4.69, 9.17) is 0 Å². The predicted molar refractivity (Wildman–Crippen MR) is 64.7 cm³/mol. The standard InChI is InChI=1S/C13H18N2O/c1-11(15-8-6-14-7-9-15)13-5-3-2-4-12(13)10-16/h2-5,10-11,14H,6-9H2,1H3. The van der Waals surface area contributed by atoms with Crippen molar-refractivity contribution in [2.45, 2.75) is 13.0 Å². The molecule has 0 radical (unpaired) electrons. The van der Waals surface area contributed by atoms with Crippen molar-refractivity contribution in [1.82, 2.24) is 10.2 Å². The number of hydrogen-bond acceptors (Lipinski definition) is 3. The number of hydrogen-bond donors (Lipinski definition) is 1. The Balaban J connectivity index is 2.18. The van der Waals surface area contributed by atoms with Crippen LogP contribution < -0.4 is 5.32 Å². The fourth-order valence-corrected chi connectivity index (χ4v) is 2.26. The quantitative estimate of drug-likeness (QED) is 0.780. The minimum Gasteiger partial charge on any atom is -0.314 e. The second-order valence-electron chi connectivity index (χ2n) is 4.21. The van der Waals surface area contributed by atoms with E-state index in [1.54, 1.807) is 0 Å². The van der Waals surface area contributed by atoms with Crippen LogP contribution in [0.2, 0.25) is 0 Å². The highest BCUT2D eigenvalue weighted by Crippen LogP contribution is 2.22. The first-order valence-corrected chi connectivity index (χ1v) is 5.82. The second kappa shape index (κ2) is 5.23. The van der Waals surface area contributed by atoms with E-state index in [0.717, 1.165) is 43.6 Å². The maximum absolute atomic E-state index is 11.0. The summed E-state index contributed by atoms with van der Waals surface area (Å²) < 4.78 is 0. The van der Waals surface area contributed by atoms with Gasteiger partial charge >= 0.3 is 0 Å². The van der Waals surface area contributed by atoms with Gasteiger partial charge in [-0.2, -0.15) is 0 Å². The van der Waals surface area contributed by atoms with Gasteiger partial charge in [0.2, 0.25) is 0 Å². The lowest BCUT2D eigenvalue weighted by atomic mass is 10.0. The van der Waals surface area contributed by atoms with Crippen LogP contribution in [0.5, 0.6) is 0 Å². The topological polar surface area (TPSA) is 32.3 Å². The molecule has 1 aromatic carbocycles. The molecule has 1 aromatic rings. The fourth-order valence-electron chi connectivity index (χ4n) is 2.26. The molecule has 1 saturated heterocycles. The minimum atomic E-state index is 0.323. The van der Waals surface area contributed by atoms with Gasteiger partial charge in [-0.1, -0.05) is 24.3 Å². The molecule has 16 heavy (non-hydrogen) atoms. The molecule has 0 spiro atoms. The first-order valence-electron chi connectivity index (χ1n) is 5.82. The molecule has 1 unspecified atom stereocenters. The van der Waals surface area contributed by atoms with Crippen molar-refractivity contribution in [2.24, 2.45) is 0 Å². The molecule has 2 rings (SSSR count). The van der Waals surface area contributed by atoms with Crippen molar-refractivity contribution >= 4 is 6.29 Å². The fraction of sp³-hybridized carbons (Fsp3) is 0.462. The molecule has 1 heterocycles. The van der Waals surface area contributed by atoms with Crippen molar-refractivity contribution in [3.05, 3.63) is 35.4 Å². The highest BCUT2D eigenvalue weighted by atomic mass is 16.1. The molecule has 1 N–H and O–H groups in total. The Labute approximate surface area is 96.5 Å². The Morgan fingerprint density at radius 3 is 2.69 bits per heavy atom. The number of piperazine rings is 1. The van der Waals surface area contributed by atoms with Crippen molar-refractivity contribution < 1.29 is 4.79 Å². The number of aldehydes is 1. The van der Waals surface area contributed by atoms with Gasteiger partial charge in [-0.3, -0.25) is 9.69 Å². The van der Waals surface area contributed by atoms with E-state index in [-0.39, 0.29) is 0 Å². The van der Waals surface area contributed by atoms with Gasteiger partial charge in [-0.05, 0) is 12.5 Å². The Morgan fingerprint density at radius 2 is 2.00 bits per heavy atom. The average molecular weight is 218 g/mol. The van der Waals surface area contributed by atoms with E-state index in [2.05, 4.69) is 23.2 Å². The molecule has 1 fully saturated rings. The van der Waals surface area contributed by atoms with Gasteiger partial charge in [0.15, 0.2) is 0 Å². The van der Waals surface area contributed by atoms with Crippen molar-refractivity contribution in [3.63, 3.8) is 0 Å². The Morgan fingerprint density at radius 1 is 1.31 bits per heavy atom. The number of carbonyl (C=O) groups excluding carboxylic acids is 1. The van der Waals surface area contributed by atoms with Gasteiger partial charge in [-0.25, -0.2) is 0 Å². The Kier molecular flexibility index (Phi) is 3.70. The molecule has 0 saturated carbocycles. The number of nitrogens with one attached hydrogen (secondary N) is 1. The van der Waals surface area contributed by atoms with Gasteiger partial charge in [0.1, 0.15) is 6.29 Å². The number of carbonyl (C=O) groups is 1. The van der Waals surface area contributed by atoms with Gasteiger partial charge < -0.3 is 5.32 Å². The molecular formula is C13H18N2O. The molecule has 0 amide bonds. The summed E-state index contributed by atoms with van der Waals surface area (Å²) in [5, 5.41) is 3.34. The summed E-state index contributed by atoms with van der Waals surface area (Å²) >= 11 is 0. The lowest BCUT2D eigenvalue weighted by Crippen LogP contribution is -2.44. The van der Waals surface area contributed by atoms with E-state index in [1.165, 1.54) is 0 Å². The van der Waals surface area contributed by atoms with Crippen LogP contribution in [0.1, 0.15) is 28.9 Å². The predicted octanol–water partition coefficient (Wildman–Crippen LogP) is 1.47.